The molecule has 0 aromatic carbocycles. The van der Waals surface area contributed by atoms with Crippen molar-refractivity contribution in [2.75, 3.05) is 6.54 Å². The Kier molecular flexibility index (Phi) is 1.79. The fraction of sp³-hybridized carbons (Fsp3) is 0.625. The standard InChI is InChI=1S/C8H13NO/c1-6-4-7(2)9(5-6)8(3)10/h7H,1,4-5H2,2-3H3. The first-order valence-corrected chi connectivity index (χ1v) is 3.55. The number of hydrogen-bond acceptors (Lipinski definition) is 1. The smallest absolute Gasteiger partial charge is 0.219 e. The second-order valence-corrected chi connectivity index (χ2v) is 2.95. The van der Waals surface area contributed by atoms with E-state index >= 15 is 0 Å². The SMILES string of the molecule is C=C1CC(C)N(C(C)=O)C1. The minimum absolute atomic E-state index is 0.158. The lowest BCUT2D eigenvalue weighted by Gasteiger charge is -2.17. The van der Waals surface area contributed by atoms with Crippen LogP contribution in [-0.4, -0.2) is 23.4 Å². The maximum Gasteiger partial charge on any atom is 0.219 e. The summed E-state index contributed by atoms with van der Waals surface area (Å²) in [6.07, 6.45) is 0.972. The van der Waals surface area contributed by atoms with Crippen molar-refractivity contribution in [3.8, 4) is 0 Å². The molecule has 2 nitrogen and oxygen atoms in total. The highest BCUT2D eigenvalue weighted by atomic mass is 16.2. The molecule has 1 unspecified atom stereocenters. The first kappa shape index (κ1) is 7.32. The van der Waals surface area contributed by atoms with Gasteiger partial charge in [0, 0.05) is 19.5 Å². The van der Waals surface area contributed by atoms with Gasteiger partial charge in [0.1, 0.15) is 0 Å². The first-order valence-electron chi connectivity index (χ1n) is 3.55. The number of amides is 1. The van der Waals surface area contributed by atoms with Crippen molar-refractivity contribution in [3.63, 3.8) is 0 Å². The Balaban J connectivity index is 2.63. The molecular weight excluding hydrogens is 126 g/mol. The summed E-state index contributed by atoms with van der Waals surface area (Å²) in [6.45, 7) is 8.27. The lowest BCUT2D eigenvalue weighted by atomic mass is 10.2. The Hall–Kier alpha value is -0.790. The summed E-state index contributed by atoms with van der Waals surface area (Å²) in [4.78, 5) is 12.7. The van der Waals surface area contributed by atoms with Crippen LogP contribution in [0.15, 0.2) is 12.2 Å². The first-order chi connectivity index (χ1) is 4.61. The van der Waals surface area contributed by atoms with E-state index in [1.807, 2.05) is 4.90 Å². The highest BCUT2D eigenvalue weighted by Crippen LogP contribution is 2.19. The van der Waals surface area contributed by atoms with Crippen molar-refractivity contribution in [3.05, 3.63) is 12.2 Å². The third-order valence-corrected chi connectivity index (χ3v) is 1.91. The van der Waals surface area contributed by atoms with Crippen LogP contribution < -0.4 is 0 Å². The van der Waals surface area contributed by atoms with Crippen molar-refractivity contribution in [1.82, 2.24) is 4.90 Å². The van der Waals surface area contributed by atoms with Crippen LogP contribution in [0.2, 0.25) is 0 Å². The number of likely N-dealkylation sites (tertiary alicyclic amines) is 1. The topological polar surface area (TPSA) is 20.3 Å². The number of rotatable bonds is 0. The van der Waals surface area contributed by atoms with Gasteiger partial charge in [-0.25, -0.2) is 0 Å². The van der Waals surface area contributed by atoms with E-state index < -0.39 is 0 Å². The van der Waals surface area contributed by atoms with E-state index in [9.17, 15) is 4.79 Å². The molecule has 0 bridgehead atoms. The number of carbonyl (C=O) groups excluding carboxylic acids is 1. The van der Waals surface area contributed by atoms with Gasteiger partial charge in [0.2, 0.25) is 5.91 Å². The molecule has 1 amide bonds. The van der Waals surface area contributed by atoms with Crippen LogP contribution in [0.4, 0.5) is 0 Å². The molecule has 0 saturated carbocycles. The molecule has 1 atom stereocenters. The Morgan fingerprint density at radius 1 is 1.80 bits per heavy atom. The normalized spacial score (nSPS) is 25.6. The van der Waals surface area contributed by atoms with Gasteiger partial charge in [-0.05, 0) is 13.3 Å². The molecule has 0 aliphatic carbocycles. The fourth-order valence-electron chi connectivity index (χ4n) is 1.41. The van der Waals surface area contributed by atoms with Gasteiger partial charge in [-0.1, -0.05) is 12.2 Å². The molecule has 1 rings (SSSR count). The molecule has 0 aromatic heterocycles. The summed E-state index contributed by atoms with van der Waals surface area (Å²) in [5.41, 5.74) is 1.17. The van der Waals surface area contributed by atoms with Gasteiger partial charge in [-0.3, -0.25) is 4.79 Å². The zero-order chi connectivity index (χ0) is 7.72. The molecule has 0 N–H and O–H groups in total. The Bertz CT molecular complexity index is 174. The molecule has 1 fully saturated rings. The molecule has 0 radical (unpaired) electrons. The third-order valence-electron chi connectivity index (χ3n) is 1.91. The molecular formula is C8H13NO. The summed E-state index contributed by atoms with van der Waals surface area (Å²) in [7, 11) is 0. The van der Waals surface area contributed by atoms with Gasteiger partial charge in [0.05, 0.1) is 0 Å². The van der Waals surface area contributed by atoms with Crippen LogP contribution in [-0.2, 0) is 4.79 Å². The van der Waals surface area contributed by atoms with Crippen LogP contribution in [0.25, 0.3) is 0 Å². The van der Waals surface area contributed by atoms with Gasteiger partial charge in [0.15, 0.2) is 0 Å². The summed E-state index contributed by atoms with van der Waals surface area (Å²) >= 11 is 0. The third kappa shape index (κ3) is 1.20. The highest BCUT2D eigenvalue weighted by Gasteiger charge is 2.24. The molecule has 0 aromatic rings. The van der Waals surface area contributed by atoms with E-state index in [1.54, 1.807) is 6.92 Å². The largest absolute Gasteiger partial charge is 0.336 e. The molecule has 1 aliphatic rings. The van der Waals surface area contributed by atoms with Crippen molar-refractivity contribution < 1.29 is 4.79 Å². The Labute approximate surface area is 61.5 Å². The van der Waals surface area contributed by atoms with Crippen LogP contribution in [0.3, 0.4) is 0 Å². The van der Waals surface area contributed by atoms with E-state index in [4.69, 9.17) is 0 Å². The van der Waals surface area contributed by atoms with Gasteiger partial charge in [0.25, 0.3) is 0 Å². The Morgan fingerprint density at radius 3 is 2.60 bits per heavy atom. The Morgan fingerprint density at radius 2 is 2.40 bits per heavy atom. The van der Waals surface area contributed by atoms with E-state index in [0.29, 0.717) is 6.04 Å². The molecule has 1 aliphatic heterocycles. The average molecular weight is 139 g/mol. The number of hydrogen-bond donors (Lipinski definition) is 0. The van der Waals surface area contributed by atoms with Crippen molar-refractivity contribution >= 4 is 5.91 Å². The summed E-state index contributed by atoms with van der Waals surface area (Å²) in [5.74, 6) is 0.158. The van der Waals surface area contributed by atoms with Gasteiger partial charge < -0.3 is 4.90 Å². The zero-order valence-electron chi connectivity index (χ0n) is 6.55. The lowest BCUT2D eigenvalue weighted by Crippen LogP contribution is -2.31. The maximum absolute atomic E-state index is 10.9. The average Bonchev–Trinajstić information content (AvgIpc) is 2.10. The maximum atomic E-state index is 10.9. The molecule has 2 heteroatoms. The summed E-state index contributed by atoms with van der Waals surface area (Å²) in [6, 6.07) is 0.366. The zero-order valence-corrected chi connectivity index (χ0v) is 6.55. The fourth-order valence-corrected chi connectivity index (χ4v) is 1.41. The second-order valence-electron chi connectivity index (χ2n) is 2.95. The van der Waals surface area contributed by atoms with E-state index in [0.717, 1.165) is 13.0 Å². The predicted molar refractivity (Wildman–Crippen MR) is 40.6 cm³/mol. The van der Waals surface area contributed by atoms with Crippen LogP contribution in [0.5, 0.6) is 0 Å². The van der Waals surface area contributed by atoms with Gasteiger partial charge in [-0.15, -0.1) is 0 Å². The van der Waals surface area contributed by atoms with Gasteiger partial charge >= 0.3 is 0 Å². The highest BCUT2D eigenvalue weighted by molar-refractivity contribution is 5.74. The molecule has 56 valence electrons. The van der Waals surface area contributed by atoms with Crippen LogP contribution in [0.1, 0.15) is 20.3 Å². The quantitative estimate of drug-likeness (QED) is 0.461. The van der Waals surface area contributed by atoms with E-state index in [1.165, 1.54) is 5.57 Å². The minimum atomic E-state index is 0.158. The van der Waals surface area contributed by atoms with E-state index in [2.05, 4.69) is 13.5 Å². The lowest BCUT2D eigenvalue weighted by molar-refractivity contribution is -0.129. The van der Waals surface area contributed by atoms with Crippen molar-refractivity contribution in [2.24, 2.45) is 0 Å². The predicted octanol–water partition coefficient (Wildman–Crippen LogP) is 1.18. The van der Waals surface area contributed by atoms with Crippen molar-refractivity contribution in [2.45, 2.75) is 26.3 Å². The second kappa shape index (κ2) is 2.45. The minimum Gasteiger partial charge on any atom is -0.336 e. The molecule has 1 saturated heterocycles. The molecule has 1 heterocycles. The van der Waals surface area contributed by atoms with Crippen LogP contribution >= 0.6 is 0 Å². The monoisotopic (exact) mass is 139 g/mol. The number of carbonyl (C=O) groups is 1. The summed E-state index contributed by atoms with van der Waals surface area (Å²) < 4.78 is 0. The summed E-state index contributed by atoms with van der Waals surface area (Å²) in [5, 5.41) is 0. The van der Waals surface area contributed by atoms with Crippen LogP contribution in [0, 0.1) is 0 Å². The molecule has 10 heavy (non-hydrogen) atoms. The van der Waals surface area contributed by atoms with E-state index in [-0.39, 0.29) is 5.91 Å². The van der Waals surface area contributed by atoms with Gasteiger partial charge in [-0.2, -0.15) is 0 Å². The van der Waals surface area contributed by atoms with Crippen molar-refractivity contribution in [1.29, 1.82) is 0 Å². The molecule has 0 spiro atoms. The number of nitrogens with zero attached hydrogens (tertiary/aromatic N) is 1.